The lowest BCUT2D eigenvalue weighted by Gasteiger charge is -2.38. The molecule has 1 aliphatic rings. The molecule has 0 aromatic heterocycles. The number of amides is 1. The van der Waals surface area contributed by atoms with E-state index in [4.69, 9.17) is 10.6 Å². The number of hydroxylamine groups is 2. The average molecular weight is 471 g/mol. The number of quaternary nitrogens is 1. The van der Waals surface area contributed by atoms with Crippen molar-refractivity contribution < 1.29 is 24.0 Å². The Bertz CT molecular complexity index is 687. The molecule has 1 aliphatic heterocycles. The molecule has 1 aromatic carbocycles. The summed E-state index contributed by atoms with van der Waals surface area (Å²) in [6, 6.07) is 8.64. The number of carbonyl (C=O) groups excluding carboxylic acids is 1. The molecule has 0 bridgehead atoms. The number of benzene rings is 1. The largest absolute Gasteiger partial charge is 0.480 e. The van der Waals surface area contributed by atoms with Crippen molar-refractivity contribution in [3.05, 3.63) is 35.9 Å². The number of thiol groups is 1. The molecular weight excluding hydrogens is 434 g/mol. The highest BCUT2D eigenvalue weighted by Gasteiger charge is 2.37. The lowest BCUT2D eigenvalue weighted by atomic mass is 10.1. The van der Waals surface area contributed by atoms with Gasteiger partial charge in [0.25, 0.3) is 0 Å². The maximum absolute atomic E-state index is 13.1. The molecule has 9 heteroatoms. The molecule has 0 aliphatic carbocycles. The molecule has 174 valence electrons. The van der Waals surface area contributed by atoms with Gasteiger partial charge in [0.1, 0.15) is 0 Å². The van der Waals surface area contributed by atoms with Crippen LogP contribution in [0.5, 0.6) is 0 Å². The van der Waals surface area contributed by atoms with E-state index < -0.39 is 12.0 Å². The standard InChI is InChI=1S/C22H35N3O4S2/c1-31-14-11-20(22(27)28)24(21(26)10-9-18-7-3-2-4-8-18)29-17-25(12-5-6-13-25)15-19(23)16-30/h2-4,7-8,19-20H,5-6,9-17,23H2,1H3,(H-,27,28,30)/p+1/t19-,20-/m0/s1. The van der Waals surface area contributed by atoms with E-state index in [1.165, 1.54) is 0 Å². The van der Waals surface area contributed by atoms with Gasteiger partial charge < -0.3 is 10.8 Å². The maximum atomic E-state index is 13.1. The fraction of sp³-hybridized carbons (Fsp3) is 0.636. The van der Waals surface area contributed by atoms with Gasteiger partial charge in [-0.1, -0.05) is 30.3 Å². The van der Waals surface area contributed by atoms with Gasteiger partial charge in [-0.15, -0.1) is 0 Å². The van der Waals surface area contributed by atoms with Crippen molar-refractivity contribution in [2.75, 3.05) is 44.1 Å². The van der Waals surface area contributed by atoms with Gasteiger partial charge in [-0.2, -0.15) is 24.4 Å². The molecule has 31 heavy (non-hydrogen) atoms. The molecule has 2 atom stereocenters. The molecule has 0 spiro atoms. The Morgan fingerprint density at radius 1 is 1.29 bits per heavy atom. The van der Waals surface area contributed by atoms with Gasteiger partial charge >= 0.3 is 5.97 Å². The highest BCUT2D eigenvalue weighted by molar-refractivity contribution is 7.98. The van der Waals surface area contributed by atoms with Crippen molar-refractivity contribution in [1.29, 1.82) is 0 Å². The fourth-order valence-electron chi connectivity index (χ4n) is 4.02. The first-order valence-electron chi connectivity index (χ1n) is 10.8. The minimum Gasteiger partial charge on any atom is -0.480 e. The number of carboxylic acid groups (broad SMARTS) is 1. The van der Waals surface area contributed by atoms with Crippen LogP contribution in [-0.4, -0.2) is 82.7 Å². The predicted octanol–water partition coefficient (Wildman–Crippen LogP) is 2.41. The van der Waals surface area contributed by atoms with Gasteiger partial charge in [-0.05, 0) is 30.4 Å². The number of rotatable bonds is 14. The smallest absolute Gasteiger partial charge is 0.329 e. The monoisotopic (exact) mass is 470 g/mol. The Kier molecular flexibility index (Phi) is 11.2. The van der Waals surface area contributed by atoms with Crippen LogP contribution in [0.25, 0.3) is 0 Å². The predicted molar refractivity (Wildman–Crippen MR) is 128 cm³/mol. The second kappa shape index (κ2) is 13.3. The van der Waals surface area contributed by atoms with Crippen molar-refractivity contribution in [2.45, 2.75) is 44.2 Å². The van der Waals surface area contributed by atoms with Gasteiger partial charge in [0.05, 0.1) is 25.7 Å². The van der Waals surface area contributed by atoms with Crippen LogP contribution in [-0.2, 0) is 20.8 Å². The number of nitrogens with two attached hydrogens (primary N) is 1. The molecule has 3 N–H and O–H groups in total. The van der Waals surface area contributed by atoms with E-state index in [2.05, 4.69) is 12.6 Å². The second-order valence-electron chi connectivity index (χ2n) is 8.22. The number of aryl methyl sites for hydroxylation is 1. The summed E-state index contributed by atoms with van der Waals surface area (Å²) in [5.41, 5.74) is 7.20. The minimum atomic E-state index is -1.04. The summed E-state index contributed by atoms with van der Waals surface area (Å²) in [5.74, 6) is -0.131. The summed E-state index contributed by atoms with van der Waals surface area (Å²) < 4.78 is 0.638. The van der Waals surface area contributed by atoms with Gasteiger partial charge in [-0.3, -0.25) is 9.28 Å². The Balaban J connectivity index is 2.13. The van der Waals surface area contributed by atoms with Crippen molar-refractivity contribution in [3.8, 4) is 0 Å². The summed E-state index contributed by atoms with van der Waals surface area (Å²) in [4.78, 5) is 31.1. The van der Waals surface area contributed by atoms with Crippen LogP contribution in [0.2, 0.25) is 0 Å². The van der Waals surface area contributed by atoms with Gasteiger partial charge in [0, 0.05) is 25.0 Å². The van der Waals surface area contributed by atoms with E-state index >= 15 is 0 Å². The summed E-state index contributed by atoms with van der Waals surface area (Å²) in [6.07, 6.45) is 5.13. The first kappa shape index (κ1) is 26.0. The Morgan fingerprint density at radius 3 is 2.55 bits per heavy atom. The SMILES string of the molecule is CSCC[C@@H](C(=O)O)N(OC[N+]1(C[C@H](N)CS)CCCC1)C(=O)CCc1ccccc1. The van der Waals surface area contributed by atoms with Crippen LogP contribution in [0.3, 0.4) is 0 Å². The van der Waals surface area contributed by atoms with Crippen molar-refractivity contribution in [3.63, 3.8) is 0 Å². The highest BCUT2D eigenvalue weighted by Crippen LogP contribution is 2.22. The number of nitrogens with zero attached hydrogens (tertiary/aromatic N) is 2. The molecule has 0 unspecified atom stereocenters. The number of hydrogen-bond donors (Lipinski definition) is 3. The van der Waals surface area contributed by atoms with Crippen LogP contribution < -0.4 is 5.73 Å². The molecule has 0 saturated carbocycles. The number of carbonyl (C=O) groups is 2. The minimum absolute atomic E-state index is 0.0703. The zero-order valence-corrected chi connectivity index (χ0v) is 20.0. The van der Waals surface area contributed by atoms with Gasteiger partial charge in [0.2, 0.25) is 12.6 Å². The van der Waals surface area contributed by atoms with E-state index in [-0.39, 0.29) is 25.1 Å². The summed E-state index contributed by atoms with van der Waals surface area (Å²) in [7, 11) is 0. The van der Waals surface area contributed by atoms with Crippen LogP contribution in [0.1, 0.15) is 31.2 Å². The molecule has 1 fully saturated rings. The van der Waals surface area contributed by atoms with Crippen molar-refractivity contribution in [2.24, 2.45) is 5.73 Å². The zero-order valence-electron chi connectivity index (χ0n) is 18.3. The second-order valence-corrected chi connectivity index (χ2v) is 9.57. The third kappa shape index (κ3) is 8.31. The van der Waals surface area contributed by atoms with E-state index in [9.17, 15) is 14.7 Å². The number of thioether (sulfide) groups is 1. The first-order valence-corrected chi connectivity index (χ1v) is 12.9. The third-order valence-electron chi connectivity index (χ3n) is 5.72. The van der Waals surface area contributed by atoms with E-state index in [0.717, 1.165) is 36.6 Å². The van der Waals surface area contributed by atoms with Crippen molar-refractivity contribution >= 4 is 36.3 Å². The summed E-state index contributed by atoms with van der Waals surface area (Å²) in [6.45, 7) is 2.78. The number of aliphatic carboxylic acids is 1. The van der Waals surface area contributed by atoms with E-state index in [0.29, 0.717) is 35.4 Å². The average Bonchev–Trinajstić information content (AvgIpc) is 3.23. The molecular formula is C22H36N3O4S2+. The van der Waals surface area contributed by atoms with E-state index in [1.807, 2.05) is 36.6 Å². The summed E-state index contributed by atoms with van der Waals surface area (Å²) >= 11 is 5.86. The zero-order chi connectivity index (χ0) is 22.7. The molecule has 1 aromatic rings. The van der Waals surface area contributed by atoms with Crippen LogP contribution in [0.15, 0.2) is 30.3 Å². The van der Waals surface area contributed by atoms with Crippen LogP contribution in [0.4, 0.5) is 0 Å². The Morgan fingerprint density at radius 2 is 1.97 bits per heavy atom. The lowest BCUT2D eigenvalue weighted by Crippen LogP contribution is -2.56. The third-order valence-corrected chi connectivity index (χ3v) is 6.83. The maximum Gasteiger partial charge on any atom is 0.329 e. The topological polar surface area (TPSA) is 92.9 Å². The molecule has 1 saturated heterocycles. The normalized spacial score (nSPS) is 17.3. The first-order chi connectivity index (χ1) is 14.9. The molecule has 1 amide bonds. The molecule has 0 radical (unpaired) electrons. The van der Waals surface area contributed by atoms with Crippen LogP contribution in [0, 0.1) is 0 Å². The number of hydrogen-bond acceptors (Lipinski definition) is 6. The molecule has 7 nitrogen and oxygen atoms in total. The molecule has 1 heterocycles. The molecule has 2 rings (SSSR count). The van der Waals surface area contributed by atoms with Crippen LogP contribution >= 0.6 is 24.4 Å². The van der Waals surface area contributed by atoms with Gasteiger partial charge in [0.15, 0.2) is 6.04 Å². The number of likely N-dealkylation sites (tertiary alicyclic amines) is 1. The lowest BCUT2D eigenvalue weighted by molar-refractivity contribution is -0.939. The Hall–Kier alpha value is -1.26. The summed E-state index contributed by atoms with van der Waals surface area (Å²) in [5, 5.41) is 11.0. The van der Waals surface area contributed by atoms with E-state index in [1.54, 1.807) is 11.8 Å². The van der Waals surface area contributed by atoms with Crippen molar-refractivity contribution in [1.82, 2.24) is 5.06 Å². The quantitative estimate of drug-likeness (QED) is 0.220. The van der Waals surface area contributed by atoms with Gasteiger partial charge in [-0.25, -0.2) is 14.7 Å². The fourth-order valence-corrected chi connectivity index (χ4v) is 4.60. The Labute approximate surface area is 195 Å². The number of carboxylic acids is 1. The highest BCUT2D eigenvalue weighted by atomic mass is 32.2.